The van der Waals surface area contributed by atoms with Crippen molar-refractivity contribution in [3.63, 3.8) is 0 Å². The minimum atomic E-state index is 0.0472. The van der Waals surface area contributed by atoms with Crippen molar-refractivity contribution in [2.75, 3.05) is 5.75 Å². The van der Waals surface area contributed by atoms with Gasteiger partial charge in [0.15, 0.2) is 0 Å². The lowest BCUT2D eigenvalue weighted by molar-refractivity contribution is -0.118. The summed E-state index contributed by atoms with van der Waals surface area (Å²) in [5.74, 6) is 1.69. The number of nitrogens with one attached hydrogen (secondary N) is 1. The Balaban J connectivity index is 1.91. The van der Waals surface area contributed by atoms with E-state index in [1.807, 2.05) is 25.1 Å². The molecule has 5 nitrogen and oxygen atoms in total. The van der Waals surface area contributed by atoms with Crippen molar-refractivity contribution in [1.29, 1.82) is 0 Å². The molecule has 0 spiro atoms. The highest BCUT2D eigenvalue weighted by molar-refractivity contribution is 8.00. The van der Waals surface area contributed by atoms with E-state index in [-0.39, 0.29) is 11.3 Å². The lowest BCUT2D eigenvalue weighted by atomic mass is 10.0. The zero-order chi connectivity index (χ0) is 13.4. The molecule has 98 valence electrons. The molecule has 1 aromatic heterocycles. The molecule has 3 rings (SSSR count). The summed E-state index contributed by atoms with van der Waals surface area (Å²) in [4.78, 5) is 11.3. The molecule has 1 aromatic carbocycles. The molecular formula is C13H13N3O2S. The Bertz CT molecular complexity index is 639. The van der Waals surface area contributed by atoms with Gasteiger partial charge in [-0.25, -0.2) is 0 Å². The summed E-state index contributed by atoms with van der Waals surface area (Å²) in [6, 6.07) is 5.96. The molecule has 0 bridgehead atoms. The van der Waals surface area contributed by atoms with Gasteiger partial charge in [0.25, 0.3) is 0 Å². The maximum absolute atomic E-state index is 11.3. The number of thioether (sulfide) groups is 1. The quantitative estimate of drug-likeness (QED) is 0.910. The first-order valence-corrected chi connectivity index (χ1v) is 7.00. The molecule has 2 heterocycles. The minimum absolute atomic E-state index is 0.0472. The van der Waals surface area contributed by atoms with Crippen LogP contribution < -0.4 is 5.32 Å². The van der Waals surface area contributed by atoms with E-state index < -0.39 is 0 Å². The van der Waals surface area contributed by atoms with Crippen LogP contribution in [-0.4, -0.2) is 21.9 Å². The summed E-state index contributed by atoms with van der Waals surface area (Å²) in [5, 5.41) is 10.8. The van der Waals surface area contributed by atoms with Crippen LogP contribution in [0.1, 0.15) is 22.4 Å². The molecule has 0 saturated carbocycles. The number of benzene rings is 1. The van der Waals surface area contributed by atoms with E-state index in [2.05, 4.69) is 15.5 Å². The van der Waals surface area contributed by atoms with Crippen molar-refractivity contribution >= 4 is 17.7 Å². The summed E-state index contributed by atoms with van der Waals surface area (Å²) >= 11 is 1.61. The van der Waals surface area contributed by atoms with Crippen LogP contribution in [0.4, 0.5) is 0 Å². The van der Waals surface area contributed by atoms with Gasteiger partial charge in [-0.2, -0.15) is 0 Å². The van der Waals surface area contributed by atoms with Gasteiger partial charge in [-0.3, -0.25) is 4.79 Å². The molecule has 1 N–H and O–H groups in total. The number of hydrogen-bond acceptors (Lipinski definition) is 5. The topological polar surface area (TPSA) is 68.0 Å². The molecule has 2 aromatic rings. The van der Waals surface area contributed by atoms with E-state index in [0.717, 1.165) is 16.7 Å². The maximum Gasteiger partial charge on any atom is 0.247 e. The van der Waals surface area contributed by atoms with Crippen molar-refractivity contribution in [3.05, 3.63) is 35.2 Å². The van der Waals surface area contributed by atoms with E-state index in [1.54, 1.807) is 18.7 Å². The molecule has 1 unspecified atom stereocenters. The molecule has 1 aliphatic heterocycles. The number of aromatic nitrogens is 2. The summed E-state index contributed by atoms with van der Waals surface area (Å²) in [7, 11) is 0. The number of hydrogen-bond donors (Lipinski definition) is 1. The fraction of sp³-hybridized carbons (Fsp3) is 0.308. The summed E-state index contributed by atoms with van der Waals surface area (Å²) in [6.07, 6.45) is 0. The number of nitrogens with zero attached hydrogens (tertiary/aromatic N) is 2. The predicted molar refractivity (Wildman–Crippen MR) is 72.5 cm³/mol. The van der Waals surface area contributed by atoms with Crippen LogP contribution in [-0.2, 0) is 4.79 Å². The predicted octanol–water partition coefficient (Wildman–Crippen LogP) is 2.22. The SMILES string of the molecule is Cc1nnc(-c2ccc(C3NC(=O)CS3)c(C)c2)o1. The second-order valence-corrected chi connectivity index (χ2v) is 5.55. The number of amides is 1. The molecule has 6 heteroatoms. The van der Waals surface area contributed by atoms with Crippen molar-refractivity contribution in [2.45, 2.75) is 19.2 Å². The van der Waals surface area contributed by atoms with Crippen molar-refractivity contribution in [2.24, 2.45) is 0 Å². The van der Waals surface area contributed by atoms with Crippen molar-refractivity contribution in [3.8, 4) is 11.5 Å². The smallest absolute Gasteiger partial charge is 0.247 e. The summed E-state index contributed by atoms with van der Waals surface area (Å²) < 4.78 is 5.41. The molecule has 1 amide bonds. The standard InChI is InChI=1S/C13H13N3O2S/c1-7-5-9(12-16-15-8(2)18-12)3-4-10(7)13-14-11(17)6-19-13/h3-5,13H,6H2,1-2H3,(H,14,17). The van der Waals surface area contributed by atoms with Gasteiger partial charge in [-0.15, -0.1) is 22.0 Å². The fourth-order valence-electron chi connectivity index (χ4n) is 2.07. The number of aryl methyl sites for hydroxylation is 2. The molecule has 1 saturated heterocycles. The van der Waals surface area contributed by atoms with Crippen LogP contribution in [0.25, 0.3) is 11.5 Å². The Labute approximate surface area is 114 Å². The van der Waals surface area contributed by atoms with Gasteiger partial charge in [-0.05, 0) is 30.2 Å². The average Bonchev–Trinajstić information content (AvgIpc) is 2.98. The molecule has 19 heavy (non-hydrogen) atoms. The normalized spacial score (nSPS) is 18.6. The monoisotopic (exact) mass is 275 g/mol. The first-order valence-electron chi connectivity index (χ1n) is 5.95. The molecule has 0 aliphatic carbocycles. The Morgan fingerprint density at radius 2 is 2.21 bits per heavy atom. The Hall–Kier alpha value is -1.82. The largest absolute Gasteiger partial charge is 0.421 e. The maximum atomic E-state index is 11.3. The molecule has 1 aliphatic rings. The zero-order valence-corrected chi connectivity index (χ0v) is 11.5. The van der Waals surface area contributed by atoms with Gasteiger partial charge >= 0.3 is 0 Å². The van der Waals surface area contributed by atoms with Gasteiger partial charge in [0.05, 0.1) is 5.75 Å². The third-order valence-corrected chi connectivity index (χ3v) is 4.13. The van der Waals surface area contributed by atoms with Gasteiger partial charge < -0.3 is 9.73 Å². The second kappa shape index (κ2) is 4.70. The summed E-state index contributed by atoms with van der Waals surface area (Å²) in [5.41, 5.74) is 3.13. The van der Waals surface area contributed by atoms with Crippen LogP contribution in [0.15, 0.2) is 22.6 Å². The highest BCUT2D eigenvalue weighted by Gasteiger charge is 2.24. The third kappa shape index (κ3) is 2.35. The Morgan fingerprint density at radius 3 is 2.79 bits per heavy atom. The second-order valence-electron chi connectivity index (χ2n) is 4.46. The molecule has 1 fully saturated rings. The van der Waals surface area contributed by atoms with Crippen molar-refractivity contribution in [1.82, 2.24) is 15.5 Å². The molecule has 0 radical (unpaired) electrons. The summed E-state index contributed by atoms with van der Waals surface area (Å²) in [6.45, 7) is 3.79. The highest BCUT2D eigenvalue weighted by Crippen LogP contribution is 2.34. The lowest BCUT2D eigenvalue weighted by Gasteiger charge is -2.13. The van der Waals surface area contributed by atoms with Gasteiger partial charge in [0.1, 0.15) is 5.37 Å². The van der Waals surface area contributed by atoms with E-state index in [0.29, 0.717) is 17.5 Å². The van der Waals surface area contributed by atoms with Crippen LogP contribution >= 0.6 is 11.8 Å². The van der Waals surface area contributed by atoms with Gasteiger partial charge in [0.2, 0.25) is 17.7 Å². The van der Waals surface area contributed by atoms with Crippen LogP contribution in [0.3, 0.4) is 0 Å². The molecular weight excluding hydrogens is 262 g/mol. The Kier molecular flexibility index (Phi) is 3.02. The van der Waals surface area contributed by atoms with Gasteiger partial charge in [-0.1, -0.05) is 6.07 Å². The number of carbonyl (C=O) groups is 1. The van der Waals surface area contributed by atoms with Crippen molar-refractivity contribution < 1.29 is 9.21 Å². The van der Waals surface area contributed by atoms with E-state index in [9.17, 15) is 4.79 Å². The zero-order valence-electron chi connectivity index (χ0n) is 10.6. The van der Waals surface area contributed by atoms with E-state index in [4.69, 9.17) is 4.42 Å². The highest BCUT2D eigenvalue weighted by atomic mass is 32.2. The van der Waals surface area contributed by atoms with Crippen LogP contribution in [0, 0.1) is 13.8 Å². The third-order valence-electron chi connectivity index (χ3n) is 3.00. The fourth-order valence-corrected chi connectivity index (χ4v) is 3.13. The van der Waals surface area contributed by atoms with E-state index in [1.165, 1.54) is 0 Å². The van der Waals surface area contributed by atoms with Gasteiger partial charge in [0, 0.05) is 12.5 Å². The molecule has 1 atom stereocenters. The number of carbonyl (C=O) groups excluding carboxylic acids is 1. The van der Waals surface area contributed by atoms with E-state index >= 15 is 0 Å². The first kappa shape index (κ1) is 12.2. The Morgan fingerprint density at radius 1 is 1.37 bits per heavy atom. The lowest BCUT2D eigenvalue weighted by Crippen LogP contribution is -2.19. The van der Waals surface area contributed by atoms with Crippen LogP contribution in [0.2, 0.25) is 0 Å². The van der Waals surface area contributed by atoms with Crippen LogP contribution in [0.5, 0.6) is 0 Å². The first-order chi connectivity index (χ1) is 9.13. The number of rotatable bonds is 2. The minimum Gasteiger partial charge on any atom is -0.421 e. The average molecular weight is 275 g/mol.